The summed E-state index contributed by atoms with van der Waals surface area (Å²) in [6.07, 6.45) is 8.63. The van der Waals surface area contributed by atoms with Gasteiger partial charge in [0.25, 0.3) is 0 Å². The summed E-state index contributed by atoms with van der Waals surface area (Å²) in [5.74, 6) is 1.32. The number of anilines is 3. The Kier molecular flexibility index (Phi) is 5.53. The van der Waals surface area contributed by atoms with Crippen molar-refractivity contribution in [3.8, 4) is 17.1 Å². The fraction of sp³-hybridized carbons (Fsp3) is 0.370. The van der Waals surface area contributed by atoms with Crippen molar-refractivity contribution < 1.29 is 4.74 Å². The molecule has 0 saturated carbocycles. The number of piperazine rings is 1. The third-order valence-electron chi connectivity index (χ3n) is 7.16. The van der Waals surface area contributed by atoms with Crippen molar-refractivity contribution in [1.29, 1.82) is 0 Å². The quantitative estimate of drug-likeness (QED) is 0.424. The summed E-state index contributed by atoms with van der Waals surface area (Å²) < 4.78 is 7.61. The van der Waals surface area contributed by atoms with E-state index < -0.39 is 0 Å². The van der Waals surface area contributed by atoms with Crippen molar-refractivity contribution in [2.75, 3.05) is 29.9 Å². The molecule has 2 saturated heterocycles. The first-order chi connectivity index (χ1) is 17.1. The van der Waals surface area contributed by atoms with Crippen molar-refractivity contribution in [1.82, 2.24) is 24.3 Å². The number of imidazole rings is 1. The first-order valence-electron chi connectivity index (χ1n) is 12.4. The number of likely N-dealkylation sites (tertiary alicyclic amines) is 1. The molecule has 1 aromatic carbocycles. The lowest BCUT2D eigenvalue weighted by Crippen LogP contribution is -2.48. The Balaban J connectivity index is 1.21. The van der Waals surface area contributed by atoms with Gasteiger partial charge in [0.05, 0.1) is 18.5 Å². The zero-order chi connectivity index (χ0) is 23.9. The van der Waals surface area contributed by atoms with Gasteiger partial charge in [-0.25, -0.2) is 15.0 Å². The average Bonchev–Trinajstić information content (AvgIpc) is 3.61. The number of hydrogen-bond acceptors (Lipinski definition) is 7. The summed E-state index contributed by atoms with van der Waals surface area (Å²) in [5.41, 5.74) is 4.97. The summed E-state index contributed by atoms with van der Waals surface area (Å²) in [6, 6.07) is 14.5. The van der Waals surface area contributed by atoms with Crippen molar-refractivity contribution in [2.24, 2.45) is 0 Å². The molecule has 2 fully saturated rings. The largest absolute Gasteiger partial charge is 0.478 e. The van der Waals surface area contributed by atoms with Crippen molar-refractivity contribution >= 4 is 22.8 Å². The monoisotopic (exact) mass is 469 g/mol. The molecule has 4 aromatic rings. The maximum absolute atomic E-state index is 5.57. The van der Waals surface area contributed by atoms with Crippen LogP contribution in [0.4, 0.5) is 17.2 Å². The zero-order valence-corrected chi connectivity index (χ0v) is 20.4. The molecular weight excluding hydrogens is 438 g/mol. The molecule has 0 spiro atoms. The van der Waals surface area contributed by atoms with E-state index in [0.717, 1.165) is 35.0 Å². The number of fused-ring (bicyclic) bond motifs is 3. The lowest BCUT2D eigenvalue weighted by Gasteiger charge is -2.37. The van der Waals surface area contributed by atoms with E-state index in [1.54, 1.807) is 12.4 Å². The van der Waals surface area contributed by atoms with E-state index in [1.807, 2.05) is 35.9 Å². The van der Waals surface area contributed by atoms with Gasteiger partial charge in [0.15, 0.2) is 11.5 Å². The first kappa shape index (κ1) is 21.9. The lowest BCUT2D eigenvalue weighted by atomic mass is 10.2. The number of benzene rings is 1. The Morgan fingerprint density at radius 2 is 1.89 bits per heavy atom. The van der Waals surface area contributed by atoms with Gasteiger partial charge in [0.2, 0.25) is 5.88 Å². The maximum atomic E-state index is 5.57. The number of ether oxygens (including phenoxy) is 1. The molecule has 6 rings (SSSR count). The van der Waals surface area contributed by atoms with Gasteiger partial charge in [-0.2, -0.15) is 0 Å². The summed E-state index contributed by atoms with van der Waals surface area (Å²) in [6.45, 7) is 9.42. The van der Waals surface area contributed by atoms with Crippen LogP contribution in [0.15, 0.2) is 61.2 Å². The Labute approximate surface area is 205 Å². The van der Waals surface area contributed by atoms with Crippen LogP contribution >= 0.6 is 0 Å². The Morgan fingerprint density at radius 1 is 1.03 bits per heavy atom. The topological polar surface area (TPSA) is 70.8 Å². The molecule has 8 nitrogen and oxygen atoms in total. The van der Waals surface area contributed by atoms with Gasteiger partial charge in [-0.05, 0) is 57.5 Å². The van der Waals surface area contributed by atoms with Gasteiger partial charge in [0.1, 0.15) is 0 Å². The van der Waals surface area contributed by atoms with Crippen LogP contribution in [0.2, 0.25) is 0 Å². The van der Waals surface area contributed by atoms with Crippen LogP contribution in [-0.4, -0.2) is 62.1 Å². The Morgan fingerprint density at radius 3 is 2.63 bits per heavy atom. The number of rotatable bonds is 7. The molecule has 3 aromatic heterocycles. The lowest BCUT2D eigenvalue weighted by molar-refractivity contribution is 0.191. The number of aromatic nitrogens is 4. The molecule has 0 radical (unpaired) electrons. The zero-order valence-electron chi connectivity index (χ0n) is 20.4. The first-order valence-corrected chi connectivity index (χ1v) is 12.4. The minimum absolute atomic E-state index is 0.576. The normalized spacial score (nSPS) is 19.7. The number of hydrogen-bond donors (Lipinski definition) is 1. The molecule has 2 atom stereocenters. The van der Waals surface area contributed by atoms with Crippen LogP contribution in [0.3, 0.4) is 0 Å². The number of nitrogens with one attached hydrogen (secondary N) is 1. The van der Waals surface area contributed by atoms with Crippen LogP contribution < -0.4 is 15.0 Å². The van der Waals surface area contributed by atoms with E-state index in [9.17, 15) is 0 Å². The average molecular weight is 470 g/mol. The molecule has 5 heterocycles. The van der Waals surface area contributed by atoms with Crippen molar-refractivity contribution in [2.45, 2.75) is 45.3 Å². The second-order valence-corrected chi connectivity index (χ2v) is 9.59. The molecule has 8 heteroatoms. The predicted molar refractivity (Wildman–Crippen MR) is 138 cm³/mol. The van der Waals surface area contributed by atoms with Gasteiger partial charge in [-0.15, -0.1) is 0 Å². The minimum Gasteiger partial charge on any atom is -0.478 e. The van der Waals surface area contributed by atoms with Gasteiger partial charge in [-0.3, -0.25) is 9.30 Å². The highest BCUT2D eigenvalue weighted by Crippen LogP contribution is 2.36. The highest BCUT2D eigenvalue weighted by molar-refractivity contribution is 5.75. The fourth-order valence-electron chi connectivity index (χ4n) is 5.54. The van der Waals surface area contributed by atoms with E-state index in [4.69, 9.17) is 9.72 Å². The maximum Gasteiger partial charge on any atom is 0.213 e. The van der Waals surface area contributed by atoms with Crippen LogP contribution in [0.5, 0.6) is 5.88 Å². The second kappa shape index (κ2) is 8.85. The van der Waals surface area contributed by atoms with E-state index in [-0.39, 0.29) is 0 Å². The Hall–Kier alpha value is -3.65. The summed E-state index contributed by atoms with van der Waals surface area (Å²) in [7, 11) is 0. The fourth-order valence-corrected chi connectivity index (χ4v) is 5.54. The SMILES string of the molecule is CCOc1cc(-c2cnc(Nc3ccc(N4CC5CC4CN5C(C)C)cc3)c3nccn23)ccn1. The highest BCUT2D eigenvalue weighted by Gasteiger charge is 2.43. The standard InChI is InChI=1S/C27H31N7O/c1-4-35-25-13-19(9-10-28-25)24-15-30-26(27-29-11-12-32(24)27)31-20-5-7-21(8-6-20)34-17-22-14-23(34)16-33(22)18(2)3/h5-13,15,18,22-23H,4,14,16-17H2,1-3H3,(H,30,31). The highest BCUT2D eigenvalue weighted by atomic mass is 16.5. The smallest absolute Gasteiger partial charge is 0.213 e. The Bertz CT molecular complexity index is 1330. The second-order valence-electron chi connectivity index (χ2n) is 9.59. The molecule has 0 aliphatic carbocycles. The summed E-state index contributed by atoms with van der Waals surface area (Å²) in [5, 5.41) is 3.46. The molecule has 0 amide bonds. The predicted octanol–water partition coefficient (Wildman–Crippen LogP) is 4.60. The molecule has 2 aliphatic rings. The molecule has 180 valence electrons. The van der Waals surface area contributed by atoms with Crippen LogP contribution in [0.25, 0.3) is 16.9 Å². The molecular formula is C27H31N7O. The molecule has 1 N–H and O–H groups in total. The third-order valence-corrected chi connectivity index (χ3v) is 7.16. The van der Waals surface area contributed by atoms with E-state index in [1.165, 1.54) is 18.7 Å². The van der Waals surface area contributed by atoms with Gasteiger partial charge in [0, 0.05) is 72.8 Å². The van der Waals surface area contributed by atoms with Crippen LogP contribution in [0, 0.1) is 0 Å². The van der Waals surface area contributed by atoms with Gasteiger partial charge in [-0.1, -0.05) is 0 Å². The minimum atomic E-state index is 0.576. The summed E-state index contributed by atoms with van der Waals surface area (Å²) in [4.78, 5) is 18.8. The molecule has 35 heavy (non-hydrogen) atoms. The molecule has 2 unspecified atom stereocenters. The van der Waals surface area contributed by atoms with Crippen molar-refractivity contribution in [3.63, 3.8) is 0 Å². The van der Waals surface area contributed by atoms with Crippen LogP contribution in [-0.2, 0) is 0 Å². The van der Waals surface area contributed by atoms with E-state index >= 15 is 0 Å². The van der Waals surface area contributed by atoms with Gasteiger partial charge >= 0.3 is 0 Å². The molecule has 2 aliphatic heterocycles. The van der Waals surface area contributed by atoms with E-state index in [2.05, 4.69) is 63.2 Å². The summed E-state index contributed by atoms with van der Waals surface area (Å²) >= 11 is 0. The van der Waals surface area contributed by atoms with E-state index in [0.29, 0.717) is 30.6 Å². The van der Waals surface area contributed by atoms with Crippen molar-refractivity contribution in [3.05, 3.63) is 61.2 Å². The third kappa shape index (κ3) is 3.97. The number of nitrogens with zero attached hydrogens (tertiary/aromatic N) is 6. The van der Waals surface area contributed by atoms with Crippen LogP contribution in [0.1, 0.15) is 27.2 Å². The number of pyridine rings is 1. The molecule has 2 bridgehead atoms. The van der Waals surface area contributed by atoms with Gasteiger partial charge < -0.3 is 15.0 Å².